The van der Waals surface area contributed by atoms with Crippen LogP contribution in [0.25, 0.3) is 12.2 Å². The van der Waals surface area contributed by atoms with Crippen LogP contribution in [-0.2, 0) is 13.6 Å². The number of pyridine rings is 1. The Labute approximate surface area is 161 Å². The monoisotopic (exact) mass is 361 g/mol. The number of aromatic nitrogens is 1. The summed E-state index contributed by atoms with van der Waals surface area (Å²) in [4.78, 5) is 2.37. The maximum absolute atomic E-state index is 4.43. The molecule has 0 amide bonds. The zero-order valence-electron chi connectivity index (χ0n) is 15.1. The van der Waals surface area contributed by atoms with E-state index in [1.807, 2.05) is 6.07 Å². The molecular weight excluding hydrogens is 336 g/mol. The molecule has 0 radical (unpaired) electrons. The SMILES string of the molecule is C[n+]1ccccc1/C=C/c1ccc(N(CCS)Cc2ccccc2)cc1. The first-order chi connectivity index (χ1) is 12.8. The van der Waals surface area contributed by atoms with Crippen LogP contribution in [0.1, 0.15) is 16.8 Å². The highest BCUT2D eigenvalue weighted by Gasteiger charge is 2.06. The van der Waals surface area contributed by atoms with Gasteiger partial charge in [0.05, 0.1) is 0 Å². The van der Waals surface area contributed by atoms with Gasteiger partial charge in [-0.25, -0.2) is 4.57 Å². The number of benzene rings is 2. The second-order valence-corrected chi connectivity index (χ2v) is 6.74. The summed E-state index contributed by atoms with van der Waals surface area (Å²) in [5.74, 6) is 0.832. The predicted molar refractivity (Wildman–Crippen MR) is 114 cm³/mol. The van der Waals surface area contributed by atoms with E-state index in [4.69, 9.17) is 0 Å². The van der Waals surface area contributed by atoms with E-state index in [2.05, 4.69) is 114 Å². The summed E-state index contributed by atoms with van der Waals surface area (Å²) in [6.07, 6.45) is 6.35. The molecule has 2 nitrogen and oxygen atoms in total. The van der Waals surface area contributed by atoms with Gasteiger partial charge >= 0.3 is 0 Å². The number of nitrogens with zero attached hydrogens (tertiary/aromatic N) is 2. The van der Waals surface area contributed by atoms with Gasteiger partial charge in [0.1, 0.15) is 7.05 Å². The topological polar surface area (TPSA) is 7.12 Å². The van der Waals surface area contributed by atoms with Crippen LogP contribution >= 0.6 is 12.6 Å². The van der Waals surface area contributed by atoms with Crippen molar-refractivity contribution in [2.24, 2.45) is 7.05 Å². The molecule has 0 bridgehead atoms. The molecule has 1 aromatic heterocycles. The second kappa shape index (κ2) is 9.25. The molecule has 0 N–H and O–H groups in total. The number of hydrogen-bond acceptors (Lipinski definition) is 2. The summed E-state index contributed by atoms with van der Waals surface area (Å²) in [5.41, 5.74) is 4.92. The van der Waals surface area contributed by atoms with Crippen molar-refractivity contribution >= 4 is 30.5 Å². The summed E-state index contributed by atoms with van der Waals surface area (Å²) in [7, 11) is 2.06. The lowest BCUT2D eigenvalue weighted by molar-refractivity contribution is -0.673. The van der Waals surface area contributed by atoms with Crippen LogP contribution in [0.2, 0.25) is 0 Å². The fraction of sp³-hybridized carbons (Fsp3) is 0.174. The van der Waals surface area contributed by atoms with Crippen LogP contribution in [0, 0.1) is 0 Å². The number of aryl methyl sites for hydroxylation is 1. The van der Waals surface area contributed by atoms with Gasteiger partial charge in [-0.05, 0) is 35.4 Å². The van der Waals surface area contributed by atoms with Crippen molar-refractivity contribution in [3.63, 3.8) is 0 Å². The lowest BCUT2D eigenvalue weighted by Gasteiger charge is -2.24. The Hall–Kier alpha value is -2.52. The van der Waals surface area contributed by atoms with E-state index >= 15 is 0 Å². The highest BCUT2D eigenvalue weighted by Crippen LogP contribution is 2.19. The molecule has 26 heavy (non-hydrogen) atoms. The van der Waals surface area contributed by atoms with Crippen LogP contribution in [-0.4, -0.2) is 12.3 Å². The fourth-order valence-electron chi connectivity index (χ4n) is 2.91. The second-order valence-electron chi connectivity index (χ2n) is 6.29. The maximum atomic E-state index is 4.43. The summed E-state index contributed by atoms with van der Waals surface area (Å²) in [6, 6.07) is 25.5. The molecule has 0 unspecified atom stereocenters. The van der Waals surface area contributed by atoms with E-state index in [1.165, 1.54) is 22.5 Å². The standard InChI is InChI=1S/C23H24N2S/c1-24-16-6-5-9-22(24)13-10-20-11-14-23(15-12-20)25(17-18-26)19-21-7-3-2-4-8-21/h2-16H,17-19H2,1H3/p+1. The third kappa shape index (κ3) is 4.99. The van der Waals surface area contributed by atoms with Gasteiger partial charge in [-0.3, -0.25) is 0 Å². The molecule has 0 saturated heterocycles. The average Bonchev–Trinajstić information content (AvgIpc) is 2.68. The van der Waals surface area contributed by atoms with Crippen molar-refractivity contribution < 1.29 is 4.57 Å². The molecule has 0 atom stereocenters. The Morgan fingerprint density at radius 1 is 0.885 bits per heavy atom. The molecule has 0 aliphatic rings. The van der Waals surface area contributed by atoms with Crippen LogP contribution in [0.5, 0.6) is 0 Å². The fourth-order valence-corrected chi connectivity index (χ4v) is 3.15. The van der Waals surface area contributed by atoms with Gasteiger partial charge in [-0.2, -0.15) is 12.6 Å². The van der Waals surface area contributed by atoms with E-state index < -0.39 is 0 Å². The maximum Gasteiger partial charge on any atom is 0.204 e. The van der Waals surface area contributed by atoms with Gasteiger partial charge < -0.3 is 4.90 Å². The van der Waals surface area contributed by atoms with Gasteiger partial charge in [-0.1, -0.05) is 42.5 Å². The first kappa shape index (κ1) is 18.3. The van der Waals surface area contributed by atoms with E-state index in [0.29, 0.717) is 0 Å². The summed E-state index contributed by atoms with van der Waals surface area (Å²) < 4.78 is 2.11. The predicted octanol–water partition coefficient (Wildman–Crippen LogP) is 4.62. The number of anilines is 1. The zero-order chi connectivity index (χ0) is 18.2. The van der Waals surface area contributed by atoms with E-state index in [-0.39, 0.29) is 0 Å². The zero-order valence-corrected chi connectivity index (χ0v) is 16.0. The van der Waals surface area contributed by atoms with Crippen molar-refractivity contribution in [3.05, 3.63) is 95.8 Å². The Kier molecular flexibility index (Phi) is 6.50. The summed E-state index contributed by atoms with van der Waals surface area (Å²) in [5, 5.41) is 0. The van der Waals surface area contributed by atoms with Crippen molar-refractivity contribution in [2.75, 3.05) is 17.2 Å². The molecule has 0 aliphatic carbocycles. The molecule has 1 heterocycles. The highest BCUT2D eigenvalue weighted by molar-refractivity contribution is 7.80. The third-order valence-corrected chi connectivity index (χ3v) is 4.59. The van der Waals surface area contributed by atoms with Crippen LogP contribution in [0.3, 0.4) is 0 Å². The Bertz CT molecular complexity index is 842. The van der Waals surface area contributed by atoms with Crippen molar-refractivity contribution in [2.45, 2.75) is 6.54 Å². The molecule has 0 aliphatic heterocycles. The van der Waals surface area contributed by atoms with Crippen molar-refractivity contribution in [1.82, 2.24) is 0 Å². The first-order valence-electron chi connectivity index (χ1n) is 8.89. The number of rotatable bonds is 7. The lowest BCUT2D eigenvalue weighted by atomic mass is 10.1. The molecule has 0 spiro atoms. The minimum Gasteiger partial charge on any atom is -0.366 e. The smallest absolute Gasteiger partial charge is 0.204 e. The molecule has 3 aromatic rings. The Morgan fingerprint density at radius 3 is 2.31 bits per heavy atom. The molecule has 132 valence electrons. The normalized spacial score (nSPS) is 11.0. The molecule has 3 heteroatoms. The minimum atomic E-state index is 0.832. The summed E-state index contributed by atoms with van der Waals surface area (Å²) >= 11 is 4.43. The molecule has 0 saturated carbocycles. The number of hydrogen-bond donors (Lipinski definition) is 1. The van der Waals surface area contributed by atoms with Gasteiger partial charge in [-0.15, -0.1) is 0 Å². The van der Waals surface area contributed by atoms with Crippen molar-refractivity contribution in [1.29, 1.82) is 0 Å². The Morgan fingerprint density at radius 2 is 1.62 bits per heavy atom. The van der Waals surface area contributed by atoms with Crippen LogP contribution in [0.15, 0.2) is 79.0 Å². The molecule has 3 rings (SSSR count). The minimum absolute atomic E-state index is 0.832. The van der Waals surface area contributed by atoms with Crippen LogP contribution in [0.4, 0.5) is 5.69 Å². The third-order valence-electron chi connectivity index (χ3n) is 4.39. The van der Waals surface area contributed by atoms with Crippen LogP contribution < -0.4 is 9.47 Å². The van der Waals surface area contributed by atoms with E-state index in [9.17, 15) is 0 Å². The Balaban J connectivity index is 1.73. The summed E-state index contributed by atoms with van der Waals surface area (Å²) in [6.45, 7) is 1.82. The first-order valence-corrected chi connectivity index (χ1v) is 9.52. The number of thiol groups is 1. The van der Waals surface area contributed by atoms with E-state index in [1.54, 1.807) is 0 Å². The molecule has 0 fully saturated rings. The average molecular weight is 362 g/mol. The van der Waals surface area contributed by atoms with Gasteiger partial charge in [0.2, 0.25) is 5.69 Å². The van der Waals surface area contributed by atoms with Gasteiger partial charge in [0.15, 0.2) is 6.20 Å². The molecule has 2 aromatic carbocycles. The van der Waals surface area contributed by atoms with Gasteiger partial charge in [0.25, 0.3) is 0 Å². The van der Waals surface area contributed by atoms with Gasteiger partial charge in [0, 0.05) is 42.7 Å². The van der Waals surface area contributed by atoms with Crippen molar-refractivity contribution in [3.8, 4) is 0 Å². The highest BCUT2D eigenvalue weighted by atomic mass is 32.1. The molecular formula is C23H25N2S+. The largest absolute Gasteiger partial charge is 0.366 e. The quantitative estimate of drug-likeness (QED) is 0.476. The lowest BCUT2D eigenvalue weighted by Crippen LogP contribution is -2.30. The van der Waals surface area contributed by atoms with E-state index in [0.717, 1.165) is 18.8 Å².